The van der Waals surface area contributed by atoms with Gasteiger partial charge in [-0.2, -0.15) is 0 Å². The standard InChI is InChI=1S/C10H20N2O/c1-4-12(5-2)9(13)10(3)7-6-8-11-10/h11H,4-8H2,1-3H3. The zero-order valence-corrected chi connectivity index (χ0v) is 8.89. The number of amides is 1. The summed E-state index contributed by atoms with van der Waals surface area (Å²) in [5.74, 6) is 0.259. The number of carbonyl (C=O) groups is 1. The molecule has 0 spiro atoms. The predicted octanol–water partition coefficient (Wildman–Crippen LogP) is 0.997. The molecule has 0 aromatic heterocycles. The van der Waals surface area contributed by atoms with E-state index in [2.05, 4.69) is 5.32 Å². The molecule has 3 nitrogen and oxygen atoms in total. The number of nitrogens with zero attached hydrogens (tertiary/aromatic N) is 1. The van der Waals surface area contributed by atoms with E-state index in [0.29, 0.717) is 0 Å². The molecular formula is C10H20N2O. The van der Waals surface area contributed by atoms with Gasteiger partial charge in [-0.15, -0.1) is 0 Å². The second-order valence-electron chi connectivity index (χ2n) is 3.84. The Labute approximate surface area is 80.5 Å². The molecule has 76 valence electrons. The second-order valence-corrected chi connectivity index (χ2v) is 3.84. The lowest BCUT2D eigenvalue weighted by molar-refractivity contribution is -0.136. The molecule has 1 aliphatic heterocycles. The lowest BCUT2D eigenvalue weighted by Crippen LogP contribution is -2.52. The zero-order valence-electron chi connectivity index (χ0n) is 8.89. The van der Waals surface area contributed by atoms with Crippen molar-refractivity contribution in [1.29, 1.82) is 0 Å². The molecule has 1 amide bonds. The van der Waals surface area contributed by atoms with Crippen molar-refractivity contribution in [2.75, 3.05) is 19.6 Å². The fourth-order valence-corrected chi connectivity index (χ4v) is 1.94. The Kier molecular flexibility index (Phi) is 3.31. The van der Waals surface area contributed by atoms with Crippen molar-refractivity contribution in [1.82, 2.24) is 10.2 Å². The van der Waals surface area contributed by atoms with Gasteiger partial charge < -0.3 is 10.2 Å². The number of hydrogen-bond donors (Lipinski definition) is 1. The van der Waals surface area contributed by atoms with Gasteiger partial charge in [0, 0.05) is 13.1 Å². The van der Waals surface area contributed by atoms with Gasteiger partial charge in [0.2, 0.25) is 5.91 Å². The molecule has 0 saturated carbocycles. The molecule has 1 fully saturated rings. The summed E-state index contributed by atoms with van der Waals surface area (Å²) < 4.78 is 0. The Bertz CT molecular complexity index is 181. The van der Waals surface area contributed by atoms with Crippen LogP contribution in [0.1, 0.15) is 33.6 Å². The molecule has 0 aliphatic carbocycles. The first-order valence-corrected chi connectivity index (χ1v) is 5.18. The molecule has 1 heterocycles. The summed E-state index contributed by atoms with van der Waals surface area (Å²) in [6, 6.07) is 0. The van der Waals surface area contributed by atoms with Crippen LogP contribution in [0.3, 0.4) is 0 Å². The third-order valence-electron chi connectivity index (χ3n) is 2.89. The van der Waals surface area contributed by atoms with Gasteiger partial charge in [-0.1, -0.05) is 0 Å². The Morgan fingerprint density at radius 1 is 1.46 bits per heavy atom. The highest BCUT2D eigenvalue weighted by atomic mass is 16.2. The molecular weight excluding hydrogens is 164 g/mol. The summed E-state index contributed by atoms with van der Waals surface area (Å²) in [7, 11) is 0. The molecule has 3 heteroatoms. The highest BCUT2D eigenvalue weighted by Crippen LogP contribution is 2.20. The minimum Gasteiger partial charge on any atom is -0.342 e. The van der Waals surface area contributed by atoms with Crippen molar-refractivity contribution in [3.05, 3.63) is 0 Å². The first-order valence-electron chi connectivity index (χ1n) is 5.18. The summed E-state index contributed by atoms with van der Waals surface area (Å²) in [6.45, 7) is 8.67. The van der Waals surface area contributed by atoms with E-state index in [9.17, 15) is 4.79 Å². The average molecular weight is 184 g/mol. The Balaban J connectivity index is 2.64. The monoisotopic (exact) mass is 184 g/mol. The molecule has 1 saturated heterocycles. The zero-order chi connectivity index (χ0) is 9.90. The van der Waals surface area contributed by atoms with Crippen molar-refractivity contribution in [2.24, 2.45) is 0 Å². The van der Waals surface area contributed by atoms with E-state index in [1.165, 1.54) is 0 Å². The van der Waals surface area contributed by atoms with E-state index in [-0.39, 0.29) is 11.4 Å². The molecule has 0 radical (unpaired) electrons. The summed E-state index contributed by atoms with van der Waals surface area (Å²) in [4.78, 5) is 13.9. The topological polar surface area (TPSA) is 32.3 Å². The van der Waals surface area contributed by atoms with E-state index in [1.54, 1.807) is 0 Å². The molecule has 0 aromatic rings. The van der Waals surface area contributed by atoms with Crippen LogP contribution in [0.2, 0.25) is 0 Å². The van der Waals surface area contributed by atoms with Crippen LogP contribution in [0, 0.1) is 0 Å². The summed E-state index contributed by atoms with van der Waals surface area (Å²) in [5, 5.41) is 3.29. The lowest BCUT2D eigenvalue weighted by atomic mass is 9.98. The fraction of sp³-hybridized carbons (Fsp3) is 0.900. The maximum Gasteiger partial charge on any atom is 0.242 e. The largest absolute Gasteiger partial charge is 0.342 e. The highest BCUT2D eigenvalue weighted by molar-refractivity contribution is 5.86. The predicted molar refractivity (Wildman–Crippen MR) is 53.6 cm³/mol. The van der Waals surface area contributed by atoms with Gasteiger partial charge >= 0.3 is 0 Å². The highest BCUT2D eigenvalue weighted by Gasteiger charge is 2.37. The van der Waals surface area contributed by atoms with Crippen LogP contribution < -0.4 is 5.32 Å². The second kappa shape index (κ2) is 4.09. The lowest BCUT2D eigenvalue weighted by Gasteiger charge is -2.30. The third-order valence-corrected chi connectivity index (χ3v) is 2.89. The van der Waals surface area contributed by atoms with Gasteiger partial charge in [0.05, 0.1) is 5.54 Å². The SMILES string of the molecule is CCN(CC)C(=O)C1(C)CCCN1. The Hall–Kier alpha value is -0.570. The average Bonchev–Trinajstić information content (AvgIpc) is 2.55. The smallest absolute Gasteiger partial charge is 0.242 e. The van der Waals surface area contributed by atoms with Crippen LogP contribution in [-0.4, -0.2) is 36.0 Å². The van der Waals surface area contributed by atoms with Crippen molar-refractivity contribution >= 4 is 5.91 Å². The van der Waals surface area contributed by atoms with Crippen LogP contribution in [0.4, 0.5) is 0 Å². The fourth-order valence-electron chi connectivity index (χ4n) is 1.94. The van der Waals surface area contributed by atoms with E-state index in [0.717, 1.165) is 32.5 Å². The quantitative estimate of drug-likeness (QED) is 0.709. The third kappa shape index (κ3) is 2.02. The molecule has 1 atom stereocenters. The van der Waals surface area contributed by atoms with Crippen molar-refractivity contribution in [3.63, 3.8) is 0 Å². The van der Waals surface area contributed by atoms with Crippen LogP contribution in [-0.2, 0) is 4.79 Å². The first-order chi connectivity index (χ1) is 6.14. The van der Waals surface area contributed by atoms with E-state index >= 15 is 0 Å². The van der Waals surface area contributed by atoms with Crippen LogP contribution in [0.5, 0.6) is 0 Å². The van der Waals surface area contributed by atoms with Crippen molar-refractivity contribution in [2.45, 2.75) is 39.2 Å². The van der Waals surface area contributed by atoms with Crippen molar-refractivity contribution < 1.29 is 4.79 Å². The van der Waals surface area contributed by atoms with Gasteiger partial charge in [0.1, 0.15) is 0 Å². The van der Waals surface area contributed by atoms with Gasteiger partial charge in [-0.05, 0) is 40.2 Å². The molecule has 0 aromatic carbocycles. The summed E-state index contributed by atoms with van der Waals surface area (Å²) in [6.07, 6.45) is 2.09. The van der Waals surface area contributed by atoms with Crippen LogP contribution in [0.15, 0.2) is 0 Å². The molecule has 1 rings (SSSR count). The molecule has 1 N–H and O–H groups in total. The van der Waals surface area contributed by atoms with Gasteiger partial charge in [-0.3, -0.25) is 4.79 Å². The number of nitrogens with one attached hydrogen (secondary N) is 1. The van der Waals surface area contributed by atoms with Gasteiger partial charge in [0.15, 0.2) is 0 Å². The Morgan fingerprint density at radius 3 is 2.46 bits per heavy atom. The normalized spacial score (nSPS) is 27.6. The minimum atomic E-state index is -0.286. The summed E-state index contributed by atoms with van der Waals surface area (Å²) >= 11 is 0. The molecule has 13 heavy (non-hydrogen) atoms. The molecule has 1 unspecified atom stereocenters. The van der Waals surface area contributed by atoms with Crippen molar-refractivity contribution in [3.8, 4) is 0 Å². The molecule has 0 bridgehead atoms. The summed E-state index contributed by atoms with van der Waals surface area (Å²) in [5.41, 5.74) is -0.286. The maximum absolute atomic E-state index is 12.0. The van der Waals surface area contributed by atoms with E-state index < -0.39 is 0 Å². The van der Waals surface area contributed by atoms with E-state index in [1.807, 2.05) is 25.7 Å². The first kappa shape index (κ1) is 10.5. The number of rotatable bonds is 3. The van der Waals surface area contributed by atoms with Crippen LogP contribution >= 0.6 is 0 Å². The number of likely N-dealkylation sites (N-methyl/N-ethyl adjacent to an activating group) is 1. The maximum atomic E-state index is 12.0. The van der Waals surface area contributed by atoms with Gasteiger partial charge in [0.25, 0.3) is 0 Å². The van der Waals surface area contributed by atoms with Crippen LogP contribution in [0.25, 0.3) is 0 Å². The number of carbonyl (C=O) groups excluding carboxylic acids is 1. The number of hydrogen-bond acceptors (Lipinski definition) is 2. The van der Waals surface area contributed by atoms with E-state index in [4.69, 9.17) is 0 Å². The molecule has 1 aliphatic rings. The van der Waals surface area contributed by atoms with Gasteiger partial charge in [-0.25, -0.2) is 0 Å². The minimum absolute atomic E-state index is 0.259. The Morgan fingerprint density at radius 2 is 2.08 bits per heavy atom.